The fraction of sp³-hybridized carbons (Fsp3) is 0.111. The van der Waals surface area contributed by atoms with E-state index in [1.807, 2.05) is 24.3 Å². The van der Waals surface area contributed by atoms with Crippen molar-refractivity contribution in [1.29, 1.82) is 0 Å². The quantitative estimate of drug-likeness (QED) is 0.501. The lowest BCUT2D eigenvalue weighted by molar-refractivity contribution is 0.124. The Morgan fingerprint density at radius 1 is 1.45 bits per heavy atom. The van der Waals surface area contributed by atoms with Gasteiger partial charge in [0.2, 0.25) is 0 Å². The summed E-state index contributed by atoms with van der Waals surface area (Å²) in [5.41, 5.74) is 1.77. The first-order chi connectivity index (χ1) is 5.38. The summed E-state index contributed by atoms with van der Waals surface area (Å²) >= 11 is 0. The van der Waals surface area contributed by atoms with Gasteiger partial charge in [-0.05, 0) is 11.6 Å². The molecule has 2 nitrogen and oxygen atoms in total. The van der Waals surface area contributed by atoms with Crippen LogP contribution in [0.15, 0.2) is 24.3 Å². The van der Waals surface area contributed by atoms with Crippen molar-refractivity contribution < 1.29 is 4.84 Å². The molecule has 0 aliphatic rings. The van der Waals surface area contributed by atoms with Gasteiger partial charge in [0.05, 0.1) is 6.61 Å². The van der Waals surface area contributed by atoms with Crippen molar-refractivity contribution in [3.8, 4) is 12.3 Å². The summed E-state index contributed by atoms with van der Waals surface area (Å²) in [6.07, 6.45) is 5.23. The molecule has 1 aromatic carbocycles. The summed E-state index contributed by atoms with van der Waals surface area (Å²) in [6.45, 7) is 0.361. The van der Waals surface area contributed by atoms with Crippen molar-refractivity contribution in [1.82, 2.24) is 0 Å². The fourth-order valence-corrected chi connectivity index (χ4v) is 0.877. The Labute approximate surface area is 65.9 Å². The van der Waals surface area contributed by atoms with E-state index in [0.29, 0.717) is 6.61 Å². The average molecular weight is 147 g/mol. The van der Waals surface area contributed by atoms with E-state index in [0.717, 1.165) is 11.1 Å². The second-order valence-electron chi connectivity index (χ2n) is 2.11. The molecule has 0 radical (unpaired) electrons. The molecule has 1 rings (SSSR count). The number of hydrogen-bond donors (Lipinski definition) is 1. The lowest BCUT2D eigenvalue weighted by atomic mass is 10.1. The molecule has 0 aliphatic heterocycles. The Morgan fingerprint density at radius 3 is 2.82 bits per heavy atom. The van der Waals surface area contributed by atoms with Gasteiger partial charge >= 0.3 is 0 Å². The van der Waals surface area contributed by atoms with Crippen LogP contribution >= 0.6 is 0 Å². The molecule has 0 heterocycles. The van der Waals surface area contributed by atoms with Gasteiger partial charge in [0.1, 0.15) is 0 Å². The van der Waals surface area contributed by atoms with Gasteiger partial charge in [0.15, 0.2) is 0 Å². The predicted molar refractivity (Wildman–Crippen MR) is 43.4 cm³/mol. The molecule has 0 amide bonds. The van der Waals surface area contributed by atoms with Gasteiger partial charge in [-0.2, -0.15) is 0 Å². The van der Waals surface area contributed by atoms with E-state index >= 15 is 0 Å². The van der Waals surface area contributed by atoms with E-state index < -0.39 is 0 Å². The Hall–Kier alpha value is -1.30. The Bertz CT molecular complexity index is 275. The summed E-state index contributed by atoms with van der Waals surface area (Å²) in [5, 5.41) is 0. The second-order valence-corrected chi connectivity index (χ2v) is 2.11. The monoisotopic (exact) mass is 147 g/mol. The van der Waals surface area contributed by atoms with E-state index in [1.165, 1.54) is 0 Å². The normalized spacial score (nSPS) is 9.09. The summed E-state index contributed by atoms with van der Waals surface area (Å²) in [5.74, 6) is 7.46. The molecule has 0 spiro atoms. The first kappa shape index (κ1) is 7.80. The molecule has 0 fully saturated rings. The lowest BCUT2D eigenvalue weighted by Crippen LogP contribution is -2.00. The molecule has 0 unspecified atom stereocenters. The highest BCUT2D eigenvalue weighted by atomic mass is 16.6. The number of nitrogens with two attached hydrogens (primary N) is 1. The Kier molecular flexibility index (Phi) is 2.67. The number of hydrogen-bond acceptors (Lipinski definition) is 2. The Morgan fingerprint density at radius 2 is 2.18 bits per heavy atom. The summed E-state index contributed by atoms with van der Waals surface area (Å²) < 4.78 is 0. The highest BCUT2D eigenvalue weighted by Crippen LogP contribution is 2.06. The van der Waals surface area contributed by atoms with Crippen molar-refractivity contribution in [2.24, 2.45) is 5.90 Å². The van der Waals surface area contributed by atoms with Crippen molar-refractivity contribution >= 4 is 0 Å². The van der Waals surface area contributed by atoms with Crippen molar-refractivity contribution in [3.05, 3.63) is 35.4 Å². The van der Waals surface area contributed by atoms with Crippen molar-refractivity contribution in [2.45, 2.75) is 6.61 Å². The predicted octanol–water partition coefficient (Wildman–Crippen LogP) is 1.06. The van der Waals surface area contributed by atoms with E-state index in [4.69, 9.17) is 12.3 Å². The van der Waals surface area contributed by atoms with Crippen LogP contribution in [0.25, 0.3) is 0 Å². The second kappa shape index (κ2) is 3.77. The third kappa shape index (κ3) is 1.81. The SMILES string of the molecule is C#Cc1ccccc1CON. The van der Waals surface area contributed by atoms with Crippen molar-refractivity contribution in [2.75, 3.05) is 0 Å². The molecule has 2 N–H and O–H groups in total. The van der Waals surface area contributed by atoms with Crippen LogP contribution in [-0.2, 0) is 11.4 Å². The van der Waals surface area contributed by atoms with Gasteiger partial charge < -0.3 is 0 Å². The Balaban J connectivity index is 2.95. The minimum absolute atomic E-state index is 0.361. The van der Waals surface area contributed by atoms with Crippen LogP contribution in [0, 0.1) is 12.3 Å². The topological polar surface area (TPSA) is 35.2 Å². The van der Waals surface area contributed by atoms with Crippen LogP contribution < -0.4 is 5.90 Å². The van der Waals surface area contributed by atoms with Crippen LogP contribution in [0.1, 0.15) is 11.1 Å². The highest BCUT2D eigenvalue weighted by Gasteiger charge is 1.96. The smallest absolute Gasteiger partial charge is 0.0942 e. The third-order valence-corrected chi connectivity index (χ3v) is 1.41. The zero-order valence-electron chi connectivity index (χ0n) is 6.08. The molecule has 0 bridgehead atoms. The molecule has 56 valence electrons. The molecule has 0 saturated heterocycles. The third-order valence-electron chi connectivity index (χ3n) is 1.41. The lowest BCUT2D eigenvalue weighted by Gasteiger charge is -2.00. The van der Waals surface area contributed by atoms with Crippen LogP contribution in [0.3, 0.4) is 0 Å². The maximum absolute atomic E-state index is 5.23. The van der Waals surface area contributed by atoms with E-state index in [9.17, 15) is 0 Å². The zero-order valence-corrected chi connectivity index (χ0v) is 6.08. The largest absolute Gasteiger partial charge is 0.300 e. The minimum atomic E-state index is 0.361. The molecular formula is C9H9NO. The molecule has 0 saturated carbocycles. The summed E-state index contributed by atoms with van der Waals surface area (Å²) in [7, 11) is 0. The first-order valence-corrected chi connectivity index (χ1v) is 3.24. The van der Waals surface area contributed by atoms with Crippen molar-refractivity contribution in [3.63, 3.8) is 0 Å². The van der Waals surface area contributed by atoms with Crippen LogP contribution in [0.5, 0.6) is 0 Å². The van der Waals surface area contributed by atoms with E-state index in [1.54, 1.807) is 0 Å². The van der Waals surface area contributed by atoms with Gasteiger partial charge in [-0.1, -0.05) is 24.1 Å². The van der Waals surface area contributed by atoms with Crippen LogP contribution in [0.4, 0.5) is 0 Å². The molecule has 11 heavy (non-hydrogen) atoms. The van der Waals surface area contributed by atoms with Gasteiger partial charge in [-0.15, -0.1) is 6.42 Å². The van der Waals surface area contributed by atoms with Gasteiger partial charge in [-0.25, -0.2) is 5.90 Å². The standard InChI is InChI=1S/C9H9NO/c1-2-8-5-3-4-6-9(8)7-11-10/h1,3-6H,7,10H2. The minimum Gasteiger partial charge on any atom is -0.300 e. The molecule has 2 heteroatoms. The molecule has 1 aromatic rings. The molecule has 0 aliphatic carbocycles. The van der Waals surface area contributed by atoms with E-state index in [-0.39, 0.29) is 0 Å². The van der Waals surface area contributed by atoms with E-state index in [2.05, 4.69) is 10.8 Å². The van der Waals surface area contributed by atoms with Crippen LogP contribution in [0.2, 0.25) is 0 Å². The molecular weight excluding hydrogens is 138 g/mol. The van der Waals surface area contributed by atoms with Gasteiger partial charge in [0.25, 0.3) is 0 Å². The summed E-state index contributed by atoms with van der Waals surface area (Å²) in [6, 6.07) is 7.53. The van der Waals surface area contributed by atoms with Gasteiger partial charge in [0, 0.05) is 5.56 Å². The number of rotatable bonds is 2. The maximum atomic E-state index is 5.23. The fourth-order valence-electron chi connectivity index (χ4n) is 0.877. The zero-order chi connectivity index (χ0) is 8.10. The van der Waals surface area contributed by atoms with Gasteiger partial charge in [-0.3, -0.25) is 4.84 Å². The maximum Gasteiger partial charge on any atom is 0.0942 e. The number of benzene rings is 1. The van der Waals surface area contributed by atoms with Crippen LogP contribution in [-0.4, -0.2) is 0 Å². The summed E-state index contributed by atoms with van der Waals surface area (Å²) in [4.78, 5) is 4.47. The average Bonchev–Trinajstić information content (AvgIpc) is 2.06. The molecule has 0 atom stereocenters. The first-order valence-electron chi connectivity index (χ1n) is 3.24. The number of terminal acetylenes is 1. The molecule has 0 aromatic heterocycles. The highest BCUT2D eigenvalue weighted by molar-refractivity contribution is 5.39.